The van der Waals surface area contributed by atoms with Crippen LogP contribution in [0.5, 0.6) is 0 Å². The number of carbonyl (C=O) groups excluding carboxylic acids is 1. The molecule has 0 aliphatic carbocycles. The van der Waals surface area contributed by atoms with E-state index in [0.717, 1.165) is 5.56 Å². The lowest BCUT2D eigenvalue weighted by atomic mass is 10.0. The number of carbonyl (C=O) groups is 1. The summed E-state index contributed by atoms with van der Waals surface area (Å²) in [5.74, 6) is -0.814. The Kier molecular flexibility index (Phi) is 7.32. The van der Waals surface area contributed by atoms with Gasteiger partial charge in [-0.1, -0.05) is 29.8 Å². The first kappa shape index (κ1) is 20.2. The quantitative estimate of drug-likeness (QED) is 0.867. The van der Waals surface area contributed by atoms with E-state index in [4.69, 9.17) is 11.6 Å². The number of nitrogens with one attached hydrogen (secondary N) is 1. The van der Waals surface area contributed by atoms with Gasteiger partial charge >= 0.3 is 0 Å². The van der Waals surface area contributed by atoms with E-state index in [1.807, 2.05) is 18.2 Å². The van der Waals surface area contributed by atoms with Gasteiger partial charge in [-0.15, -0.1) is 12.4 Å². The van der Waals surface area contributed by atoms with Crippen LogP contribution < -0.4 is 5.32 Å². The lowest BCUT2D eigenvalue weighted by Gasteiger charge is -2.37. The third-order valence-corrected chi connectivity index (χ3v) is 6.30. The largest absolute Gasteiger partial charge is 0.332 e. The van der Waals surface area contributed by atoms with E-state index in [-0.39, 0.29) is 24.4 Å². The Morgan fingerprint density at radius 3 is 2.65 bits per heavy atom. The molecule has 0 aromatic heterocycles. The van der Waals surface area contributed by atoms with Crippen molar-refractivity contribution < 1.29 is 13.2 Å². The molecule has 1 heterocycles. The van der Waals surface area contributed by atoms with Gasteiger partial charge in [0.2, 0.25) is 5.91 Å². The number of rotatable bonds is 4. The van der Waals surface area contributed by atoms with Gasteiger partial charge in [-0.2, -0.15) is 0 Å². The van der Waals surface area contributed by atoms with Gasteiger partial charge in [0.15, 0.2) is 9.84 Å². The van der Waals surface area contributed by atoms with Crippen molar-refractivity contribution in [1.82, 2.24) is 10.2 Å². The fraction of sp³-hybridized carbons (Fsp3) is 0.533. The molecule has 1 aliphatic heterocycles. The van der Waals surface area contributed by atoms with Crippen LogP contribution in [-0.4, -0.2) is 49.9 Å². The number of piperazine rings is 1. The Hall–Kier alpha value is -0.820. The SMILES string of the molecule is CC(C)S(=O)(=O)CC(=O)N1CCNCC1c1ccccc1Cl.Cl. The number of sulfone groups is 1. The molecule has 5 nitrogen and oxygen atoms in total. The summed E-state index contributed by atoms with van der Waals surface area (Å²) in [5.41, 5.74) is 0.840. The summed E-state index contributed by atoms with van der Waals surface area (Å²) in [6.07, 6.45) is 0. The number of nitrogens with zero attached hydrogens (tertiary/aromatic N) is 1. The molecule has 0 bridgehead atoms. The van der Waals surface area contributed by atoms with Crippen molar-refractivity contribution in [3.05, 3.63) is 34.9 Å². The zero-order chi connectivity index (χ0) is 16.3. The fourth-order valence-corrected chi connectivity index (χ4v) is 3.55. The first-order valence-electron chi connectivity index (χ1n) is 7.29. The number of benzene rings is 1. The summed E-state index contributed by atoms with van der Waals surface area (Å²) < 4.78 is 24.0. The Morgan fingerprint density at radius 1 is 1.39 bits per heavy atom. The van der Waals surface area contributed by atoms with E-state index in [1.165, 1.54) is 0 Å². The normalized spacial score (nSPS) is 18.6. The van der Waals surface area contributed by atoms with Crippen LogP contribution in [-0.2, 0) is 14.6 Å². The first-order chi connectivity index (χ1) is 10.3. The molecule has 1 aromatic carbocycles. The minimum absolute atomic E-state index is 0. The molecule has 1 saturated heterocycles. The van der Waals surface area contributed by atoms with E-state index < -0.39 is 20.8 Å². The Labute approximate surface area is 148 Å². The van der Waals surface area contributed by atoms with Crippen molar-refractivity contribution in [1.29, 1.82) is 0 Å². The minimum Gasteiger partial charge on any atom is -0.332 e. The van der Waals surface area contributed by atoms with Crippen LogP contribution in [0.2, 0.25) is 5.02 Å². The molecular formula is C15H22Cl2N2O3S. The summed E-state index contributed by atoms with van der Waals surface area (Å²) in [4.78, 5) is 14.1. The van der Waals surface area contributed by atoms with Crippen LogP contribution in [0.25, 0.3) is 0 Å². The van der Waals surface area contributed by atoms with Gasteiger partial charge in [-0.3, -0.25) is 4.79 Å². The average Bonchev–Trinajstić information content (AvgIpc) is 2.47. The monoisotopic (exact) mass is 380 g/mol. The first-order valence-corrected chi connectivity index (χ1v) is 9.38. The fourth-order valence-electron chi connectivity index (χ4n) is 2.45. The van der Waals surface area contributed by atoms with Gasteiger partial charge in [0, 0.05) is 24.7 Å². The Bertz CT molecular complexity index is 650. The third kappa shape index (κ3) is 4.83. The average molecular weight is 381 g/mol. The van der Waals surface area contributed by atoms with Crippen molar-refractivity contribution in [3.63, 3.8) is 0 Å². The molecule has 8 heteroatoms. The Morgan fingerprint density at radius 2 is 2.04 bits per heavy atom. The smallest absolute Gasteiger partial charge is 0.238 e. The molecule has 1 N–H and O–H groups in total. The second-order valence-electron chi connectivity index (χ2n) is 5.68. The van der Waals surface area contributed by atoms with Crippen molar-refractivity contribution in [3.8, 4) is 0 Å². The van der Waals surface area contributed by atoms with Crippen LogP contribution in [0.15, 0.2) is 24.3 Å². The van der Waals surface area contributed by atoms with Crippen LogP contribution >= 0.6 is 24.0 Å². The number of hydrogen-bond donors (Lipinski definition) is 1. The van der Waals surface area contributed by atoms with Crippen LogP contribution in [0.3, 0.4) is 0 Å². The number of halogens is 2. The maximum Gasteiger partial charge on any atom is 0.238 e. The molecular weight excluding hydrogens is 359 g/mol. The van der Waals surface area contributed by atoms with Gasteiger partial charge in [0.25, 0.3) is 0 Å². The lowest BCUT2D eigenvalue weighted by Crippen LogP contribution is -2.50. The van der Waals surface area contributed by atoms with E-state index in [2.05, 4.69) is 5.32 Å². The standard InChI is InChI=1S/C15H21ClN2O3S.ClH/c1-11(2)22(20,21)10-15(19)18-8-7-17-9-14(18)12-5-3-4-6-13(12)16;/h3-6,11,14,17H,7-10H2,1-2H3;1H. The van der Waals surface area contributed by atoms with Crippen LogP contribution in [0.4, 0.5) is 0 Å². The second kappa shape index (κ2) is 8.33. The lowest BCUT2D eigenvalue weighted by molar-refractivity contribution is -0.131. The van der Waals surface area contributed by atoms with Gasteiger partial charge < -0.3 is 10.2 Å². The number of hydrogen-bond acceptors (Lipinski definition) is 4. The van der Waals surface area contributed by atoms with Crippen molar-refractivity contribution >= 4 is 39.8 Å². The van der Waals surface area contributed by atoms with Crippen LogP contribution in [0, 0.1) is 0 Å². The van der Waals surface area contributed by atoms with Gasteiger partial charge in [0.05, 0.1) is 11.3 Å². The molecule has 1 aromatic rings. The molecule has 2 rings (SSSR count). The molecule has 1 fully saturated rings. The molecule has 1 unspecified atom stereocenters. The van der Waals surface area contributed by atoms with Crippen molar-refractivity contribution in [2.24, 2.45) is 0 Å². The highest BCUT2D eigenvalue weighted by molar-refractivity contribution is 7.92. The molecule has 0 spiro atoms. The summed E-state index contributed by atoms with van der Waals surface area (Å²) >= 11 is 6.23. The summed E-state index contributed by atoms with van der Waals surface area (Å²) in [6, 6.07) is 7.11. The Balaban J connectivity index is 0.00000264. The van der Waals surface area contributed by atoms with E-state index in [1.54, 1.807) is 24.8 Å². The van der Waals surface area contributed by atoms with E-state index >= 15 is 0 Å². The van der Waals surface area contributed by atoms with E-state index in [9.17, 15) is 13.2 Å². The highest BCUT2D eigenvalue weighted by Crippen LogP contribution is 2.28. The summed E-state index contributed by atoms with van der Waals surface area (Å²) in [7, 11) is -3.41. The molecule has 1 amide bonds. The maximum atomic E-state index is 12.5. The second-order valence-corrected chi connectivity index (χ2v) is 8.65. The molecule has 1 aliphatic rings. The predicted octanol–water partition coefficient (Wildman–Crippen LogP) is 2.06. The topological polar surface area (TPSA) is 66.5 Å². The molecule has 0 radical (unpaired) electrons. The van der Waals surface area contributed by atoms with Crippen LogP contribution in [0.1, 0.15) is 25.5 Å². The zero-order valence-electron chi connectivity index (χ0n) is 13.2. The maximum absolute atomic E-state index is 12.5. The highest BCUT2D eigenvalue weighted by Gasteiger charge is 2.32. The van der Waals surface area contributed by atoms with Gasteiger partial charge in [-0.25, -0.2) is 8.42 Å². The molecule has 23 heavy (non-hydrogen) atoms. The highest BCUT2D eigenvalue weighted by atomic mass is 35.5. The van der Waals surface area contributed by atoms with Crippen molar-refractivity contribution in [2.45, 2.75) is 25.1 Å². The van der Waals surface area contributed by atoms with Gasteiger partial charge in [-0.05, 0) is 25.5 Å². The van der Waals surface area contributed by atoms with Crippen molar-refractivity contribution in [2.75, 3.05) is 25.4 Å². The summed E-state index contributed by atoms with van der Waals surface area (Å²) in [6.45, 7) is 4.87. The predicted molar refractivity (Wildman–Crippen MR) is 94.9 cm³/mol. The number of amides is 1. The molecule has 130 valence electrons. The third-order valence-electron chi connectivity index (χ3n) is 3.87. The van der Waals surface area contributed by atoms with E-state index in [0.29, 0.717) is 24.7 Å². The molecule has 1 atom stereocenters. The molecule has 0 saturated carbocycles. The zero-order valence-corrected chi connectivity index (χ0v) is 15.5. The summed E-state index contributed by atoms with van der Waals surface area (Å²) in [5, 5.41) is 3.26. The van der Waals surface area contributed by atoms with Gasteiger partial charge in [0.1, 0.15) is 5.75 Å². The minimum atomic E-state index is -3.41.